The lowest BCUT2D eigenvalue weighted by atomic mass is 9.90. The second kappa shape index (κ2) is 6.53. The van der Waals surface area contributed by atoms with E-state index in [4.69, 9.17) is 23.7 Å². The maximum absolute atomic E-state index is 12.0. The second-order valence-corrected chi connectivity index (χ2v) is 5.40. The van der Waals surface area contributed by atoms with E-state index < -0.39 is 60.5 Å². The van der Waals surface area contributed by atoms with Gasteiger partial charge < -0.3 is 23.7 Å². The molecule has 0 unspecified atom stereocenters. The van der Waals surface area contributed by atoms with Crippen molar-refractivity contribution in [3.05, 3.63) is 0 Å². The monoisotopic (exact) mass is 330 g/mol. The number of carbonyl (C=O) groups is 4. The molecule has 0 aromatic heterocycles. The Morgan fingerprint density at radius 1 is 1.04 bits per heavy atom. The molecule has 0 saturated carbocycles. The highest BCUT2D eigenvalue weighted by molar-refractivity contribution is 5.80. The first-order chi connectivity index (χ1) is 10.7. The molecule has 6 atom stereocenters. The molecule has 0 aliphatic carbocycles. The number of fused-ring (bicyclic) bond motifs is 2. The van der Waals surface area contributed by atoms with E-state index in [0.29, 0.717) is 0 Å². The summed E-state index contributed by atoms with van der Waals surface area (Å²) in [4.78, 5) is 45.7. The molecule has 2 aliphatic rings. The van der Waals surface area contributed by atoms with Gasteiger partial charge in [-0.1, -0.05) is 0 Å². The van der Waals surface area contributed by atoms with Crippen LogP contribution >= 0.6 is 0 Å². The van der Waals surface area contributed by atoms with E-state index >= 15 is 0 Å². The molecule has 2 saturated heterocycles. The molecule has 0 aromatic carbocycles. The smallest absolute Gasteiger partial charge is 0.352 e. The highest BCUT2D eigenvalue weighted by Gasteiger charge is 2.61. The van der Waals surface area contributed by atoms with Gasteiger partial charge in [0.1, 0.15) is 12.2 Å². The van der Waals surface area contributed by atoms with Crippen molar-refractivity contribution in [2.24, 2.45) is 5.92 Å². The Labute approximate surface area is 132 Å². The number of hydrogen-bond donors (Lipinski definition) is 0. The maximum atomic E-state index is 12.0. The fourth-order valence-corrected chi connectivity index (χ4v) is 2.87. The zero-order chi connectivity index (χ0) is 17.3. The number of ether oxygens (including phenoxy) is 5. The summed E-state index contributed by atoms with van der Waals surface area (Å²) in [5, 5.41) is 0. The molecule has 128 valence electrons. The summed E-state index contributed by atoms with van der Waals surface area (Å²) in [5.74, 6) is -3.35. The van der Waals surface area contributed by atoms with Crippen molar-refractivity contribution in [1.29, 1.82) is 0 Å². The molecule has 2 rings (SSSR count). The third-order valence-corrected chi connectivity index (χ3v) is 3.57. The minimum atomic E-state index is -1.31. The average molecular weight is 330 g/mol. The van der Waals surface area contributed by atoms with Crippen LogP contribution in [-0.4, -0.2) is 54.6 Å². The topological polar surface area (TPSA) is 114 Å². The summed E-state index contributed by atoms with van der Waals surface area (Å²) in [6.07, 6.45) is -5.10. The molecule has 9 heteroatoms. The van der Waals surface area contributed by atoms with E-state index in [1.165, 1.54) is 13.8 Å². The van der Waals surface area contributed by atoms with Crippen LogP contribution in [0.5, 0.6) is 0 Å². The summed E-state index contributed by atoms with van der Waals surface area (Å²) in [5.41, 5.74) is 0. The second-order valence-electron chi connectivity index (χ2n) is 5.40. The normalized spacial score (nSPS) is 33.4. The molecule has 2 heterocycles. The van der Waals surface area contributed by atoms with Gasteiger partial charge in [0.05, 0.1) is 5.92 Å². The molecule has 23 heavy (non-hydrogen) atoms. The lowest BCUT2D eigenvalue weighted by Crippen LogP contribution is -2.48. The molecule has 9 nitrogen and oxygen atoms in total. The van der Waals surface area contributed by atoms with Crippen LogP contribution in [0.1, 0.15) is 27.7 Å². The molecular formula is C14H18O9. The zero-order valence-corrected chi connectivity index (χ0v) is 13.1. The molecular weight excluding hydrogens is 312 g/mol. The van der Waals surface area contributed by atoms with E-state index in [1.54, 1.807) is 6.92 Å². The minimum Gasteiger partial charge on any atom is -0.462 e. The SMILES string of the molecule is CC(=O)O[C@@H]1[C@@H]2OC(=O)[C@@H](OC(C)=O)[C@@H](O2)[C@H]1[C@H](C)OC(C)=O. The molecule has 0 aromatic rings. The molecule has 0 amide bonds. The molecule has 2 aliphatic heterocycles. The van der Waals surface area contributed by atoms with Gasteiger partial charge in [-0.15, -0.1) is 0 Å². The van der Waals surface area contributed by atoms with Gasteiger partial charge in [-0.3, -0.25) is 14.4 Å². The van der Waals surface area contributed by atoms with Crippen molar-refractivity contribution in [2.75, 3.05) is 0 Å². The lowest BCUT2D eigenvalue weighted by Gasteiger charge is -2.30. The van der Waals surface area contributed by atoms with Crippen LogP contribution in [0.3, 0.4) is 0 Å². The third kappa shape index (κ3) is 3.61. The minimum absolute atomic E-state index is 0.545. The van der Waals surface area contributed by atoms with E-state index in [9.17, 15) is 19.2 Å². The quantitative estimate of drug-likeness (QED) is 0.506. The lowest BCUT2D eigenvalue weighted by molar-refractivity contribution is -0.235. The number of hydrogen-bond acceptors (Lipinski definition) is 9. The first-order valence-corrected chi connectivity index (χ1v) is 7.08. The third-order valence-electron chi connectivity index (χ3n) is 3.57. The molecule has 2 fully saturated rings. The van der Waals surface area contributed by atoms with Crippen molar-refractivity contribution in [3.63, 3.8) is 0 Å². The fraction of sp³-hybridized carbons (Fsp3) is 0.714. The van der Waals surface area contributed by atoms with Crippen molar-refractivity contribution in [2.45, 2.75) is 58.4 Å². The summed E-state index contributed by atoms with van der Waals surface area (Å²) < 4.78 is 25.8. The number of esters is 4. The van der Waals surface area contributed by atoms with Gasteiger partial charge in [-0.05, 0) is 6.92 Å². The molecule has 0 spiro atoms. The van der Waals surface area contributed by atoms with Gasteiger partial charge in [-0.2, -0.15) is 0 Å². The largest absolute Gasteiger partial charge is 0.462 e. The fourth-order valence-electron chi connectivity index (χ4n) is 2.87. The van der Waals surface area contributed by atoms with Crippen LogP contribution < -0.4 is 0 Å². The predicted molar refractivity (Wildman–Crippen MR) is 70.6 cm³/mol. The van der Waals surface area contributed by atoms with Gasteiger partial charge in [-0.25, -0.2) is 4.79 Å². The summed E-state index contributed by atoms with van der Waals surface area (Å²) in [7, 11) is 0. The van der Waals surface area contributed by atoms with E-state index in [0.717, 1.165) is 6.92 Å². The van der Waals surface area contributed by atoms with Crippen LogP contribution in [0.15, 0.2) is 0 Å². The Morgan fingerprint density at radius 3 is 2.17 bits per heavy atom. The summed E-state index contributed by atoms with van der Waals surface area (Å²) >= 11 is 0. The van der Waals surface area contributed by atoms with Gasteiger partial charge >= 0.3 is 23.9 Å². The average Bonchev–Trinajstić information content (AvgIpc) is 2.67. The Morgan fingerprint density at radius 2 is 1.65 bits per heavy atom. The summed E-state index contributed by atoms with van der Waals surface area (Å²) in [6, 6.07) is 0. The maximum Gasteiger partial charge on any atom is 0.352 e. The van der Waals surface area contributed by atoms with Crippen molar-refractivity contribution in [3.8, 4) is 0 Å². The van der Waals surface area contributed by atoms with Crippen LogP contribution in [0.4, 0.5) is 0 Å². The standard InChI is InChI=1S/C14H18O9/c1-5(19-6(2)15)9-10-12(21-8(4)17)13(18)23-14(22-10)11(9)20-7(3)16/h5,9-12,14H,1-4H3/t5-,9+,10-,11-,12-,14-/m0/s1. The Bertz CT molecular complexity index is 528. The Hall–Kier alpha value is -2.16. The highest BCUT2D eigenvalue weighted by atomic mass is 16.8. The molecule has 2 bridgehead atoms. The molecule has 0 radical (unpaired) electrons. The van der Waals surface area contributed by atoms with E-state index in [2.05, 4.69) is 0 Å². The van der Waals surface area contributed by atoms with Gasteiger partial charge in [0, 0.05) is 20.8 Å². The zero-order valence-electron chi connectivity index (χ0n) is 13.1. The predicted octanol–water partition coefficient (Wildman–Crippen LogP) is -0.301. The first kappa shape index (κ1) is 17.2. The van der Waals surface area contributed by atoms with Crippen molar-refractivity contribution < 1.29 is 42.9 Å². The van der Waals surface area contributed by atoms with Crippen molar-refractivity contribution >= 4 is 23.9 Å². The first-order valence-electron chi connectivity index (χ1n) is 7.08. The van der Waals surface area contributed by atoms with Crippen LogP contribution in [-0.2, 0) is 42.9 Å². The number of rotatable bonds is 4. The summed E-state index contributed by atoms with van der Waals surface area (Å²) in [6.45, 7) is 5.13. The number of carbonyl (C=O) groups excluding carboxylic acids is 4. The van der Waals surface area contributed by atoms with Gasteiger partial charge in [0.15, 0.2) is 6.10 Å². The highest BCUT2D eigenvalue weighted by Crippen LogP contribution is 2.40. The molecule has 0 N–H and O–H groups in total. The van der Waals surface area contributed by atoms with Crippen molar-refractivity contribution in [1.82, 2.24) is 0 Å². The van der Waals surface area contributed by atoms with Crippen LogP contribution in [0, 0.1) is 5.92 Å². The van der Waals surface area contributed by atoms with Crippen LogP contribution in [0.2, 0.25) is 0 Å². The van der Waals surface area contributed by atoms with E-state index in [-0.39, 0.29) is 0 Å². The van der Waals surface area contributed by atoms with Gasteiger partial charge in [0.25, 0.3) is 0 Å². The Kier molecular flexibility index (Phi) is 4.88. The Balaban J connectivity index is 2.30. The van der Waals surface area contributed by atoms with Gasteiger partial charge in [0.2, 0.25) is 12.4 Å². The van der Waals surface area contributed by atoms with Crippen LogP contribution in [0.25, 0.3) is 0 Å². The van der Waals surface area contributed by atoms with E-state index in [1.807, 2.05) is 0 Å².